The molecule has 0 spiro atoms. The maximum Gasteiger partial charge on any atom is 0.319 e. The summed E-state index contributed by atoms with van der Waals surface area (Å²) in [7, 11) is 1.52. The number of hydrogen-bond acceptors (Lipinski definition) is 5. The molecule has 2 aromatic rings. The van der Waals surface area contributed by atoms with E-state index in [0.717, 1.165) is 29.8 Å². The number of carbonyl (C=O) groups excluding carboxylic acids is 2. The number of carbonyl (C=O) groups is 2. The van der Waals surface area contributed by atoms with Crippen molar-refractivity contribution in [3.05, 3.63) is 39.8 Å². The number of hydrogen-bond donors (Lipinski definition) is 3. The Hall–Kier alpha value is -2.61. The number of amides is 3. The van der Waals surface area contributed by atoms with Crippen LogP contribution in [0.2, 0.25) is 0 Å². The third-order valence-corrected chi connectivity index (χ3v) is 5.10. The first-order valence-corrected chi connectivity index (χ1v) is 9.37. The molecule has 7 nitrogen and oxygen atoms in total. The molecule has 26 heavy (non-hydrogen) atoms. The van der Waals surface area contributed by atoms with E-state index >= 15 is 0 Å². The van der Waals surface area contributed by atoms with Gasteiger partial charge in [-0.25, -0.2) is 9.78 Å². The largest absolute Gasteiger partial charge is 0.495 e. The maximum absolute atomic E-state index is 12.2. The molecule has 1 saturated carbocycles. The van der Waals surface area contributed by atoms with E-state index in [0.29, 0.717) is 23.5 Å². The van der Waals surface area contributed by atoms with Crippen LogP contribution in [0.15, 0.2) is 23.7 Å². The number of rotatable bonds is 7. The van der Waals surface area contributed by atoms with E-state index in [1.807, 2.05) is 6.92 Å². The second-order valence-corrected chi connectivity index (χ2v) is 7.09. The molecule has 1 aromatic heterocycles. The number of benzene rings is 1. The van der Waals surface area contributed by atoms with Crippen LogP contribution >= 0.6 is 11.3 Å². The minimum Gasteiger partial charge on any atom is -0.495 e. The van der Waals surface area contributed by atoms with E-state index in [-0.39, 0.29) is 18.0 Å². The van der Waals surface area contributed by atoms with Gasteiger partial charge in [0.15, 0.2) is 0 Å². The molecule has 3 N–H and O–H groups in total. The van der Waals surface area contributed by atoms with E-state index in [4.69, 9.17) is 4.74 Å². The Kier molecular flexibility index (Phi) is 5.72. The number of nitrogens with zero attached hydrogens (tertiary/aromatic N) is 1. The van der Waals surface area contributed by atoms with Crippen molar-refractivity contribution in [3.8, 4) is 5.75 Å². The fourth-order valence-electron chi connectivity index (χ4n) is 2.47. The lowest BCUT2D eigenvalue weighted by Crippen LogP contribution is -2.31. The lowest BCUT2D eigenvalue weighted by molar-refractivity contribution is 0.0951. The minimum atomic E-state index is -0.342. The van der Waals surface area contributed by atoms with Crippen LogP contribution in [0.4, 0.5) is 10.5 Å². The highest BCUT2D eigenvalue weighted by Crippen LogP contribution is 2.26. The average Bonchev–Trinajstić information content (AvgIpc) is 3.35. The van der Waals surface area contributed by atoms with Crippen molar-refractivity contribution in [1.82, 2.24) is 15.6 Å². The van der Waals surface area contributed by atoms with E-state index in [1.165, 1.54) is 7.11 Å². The van der Waals surface area contributed by atoms with Crippen molar-refractivity contribution in [3.63, 3.8) is 0 Å². The molecule has 1 fully saturated rings. The van der Waals surface area contributed by atoms with Gasteiger partial charge in [-0.2, -0.15) is 0 Å². The highest BCUT2D eigenvalue weighted by molar-refractivity contribution is 7.09. The molecule has 1 aliphatic rings. The molecule has 0 saturated heterocycles. The van der Waals surface area contributed by atoms with Gasteiger partial charge >= 0.3 is 6.03 Å². The van der Waals surface area contributed by atoms with Crippen LogP contribution in [0.25, 0.3) is 0 Å². The van der Waals surface area contributed by atoms with Crippen molar-refractivity contribution in [1.29, 1.82) is 0 Å². The molecule has 0 aliphatic heterocycles. The second-order valence-electron chi connectivity index (χ2n) is 6.15. The average molecular weight is 374 g/mol. The van der Waals surface area contributed by atoms with E-state index in [1.54, 1.807) is 35.0 Å². The van der Waals surface area contributed by atoms with Gasteiger partial charge in [0.25, 0.3) is 5.91 Å². The molecule has 0 bridgehead atoms. The number of thiazole rings is 1. The van der Waals surface area contributed by atoms with Crippen molar-refractivity contribution >= 4 is 29.0 Å². The van der Waals surface area contributed by atoms with Crippen LogP contribution in [0.3, 0.4) is 0 Å². The molecule has 1 heterocycles. The van der Waals surface area contributed by atoms with Crippen molar-refractivity contribution < 1.29 is 14.3 Å². The number of aromatic nitrogens is 1. The first-order chi connectivity index (χ1) is 12.6. The fourth-order valence-corrected chi connectivity index (χ4v) is 3.25. The lowest BCUT2D eigenvalue weighted by Gasteiger charge is -2.13. The van der Waals surface area contributed by atoms with Gasteiger partial charge in [-0.3, -0.25) is 4.79 Å². The zero-order valence-corrected chi connectivity index (χ0v) is 15.6. The summed E-state index contributed by atoms with van der Waals surface area (Å²) in [6, 6.07) is 4.93. The molecule has 138 valence electrons. The van der Waals surface area contributed by atoms with Crippen molar-refractivity contribution in [2.45, 2.75) is 32.2 Å². The van der Waals surface area contributed by atoms with Crippen LogP contribution < -0.4 is 20.7 Å². The van der Waals surface area contributed by atoms with Crippen LogP contribution in [0.5, 0.6) is 5.75 Å². The van der Waals surface area contributed by atoms with E-state index in [9.17, 15) is 9.59 Å². The topological polar surface area (TPSA) is 92.4 Å². The van der Waals surface area contributed by atoms with E-state index < -0.39 is 0 Å². The highest BCUT2D eigenvalue weighted by Gasteiger charge is 2.24. The second kappa shape index (κ2) is 8.18. The molecule has 0 atom stereocenters. The maximum atomic E-state index is 12.2. The summed E-state index contributed by atoms with van der Waals surface area (Å²) in [5.74, 6) is 0.362. The predicted octanol–water partition coefficient (Wildman–Crippen LogP) is 2.72. The molecule has 0 radical (unpaired) electrons. The normalized spacial score (nSPS) is 13.2. The predicted molar refractivity (Wildman–Crippen MR) is 101 cm³/mol. The third-order valence-electron chi connectivity index (χ3n) is 4.10. The first-order valence-electron chi connectivity index (χ1n) is 8.49. The van der Waals surface area contributed by atoms with Gasteiger partial charge in [0.05, 0.1) is 24.0 Å². The fraction of sp³-hybridized carbons (Fsp3) is 0.389. The van der Waals surface area contributed by atoms with Crippen LogP contribution in [-0.4, -0.2) is 36.6 Å². The van der Waals surface area contributed by atoms with Crippen LogP contribution in [0, 0.1) is 6.92 Å². The summed E-state index contributed by atoms with van der Waals surface area (Å²) in [5.41, 5.74) is 3.75. The third kappa shape index (κ3) is 4.72. The van der Waals surface area contributed by atoms with E-state index in [2.05, 4.69) is 20.9 Å². The summed E-state index contributed by atoms with van der Waals surface area (Å²) in [4.78, 5) is 29.7. The van der Waals surface area contributed by atoms with Crippen molar-refractivity contribution in [2.24, 2.45) is 0 Å². The molecule has 1 aliphatic carbocycles. The molecule has 3 amide bonds. The smallest absolute Gasteiger partial charge is 0.319 e. The summed E-state index contributed by atoms with van der Waals surface area (Å²) in [5, 5.41) is 8.50. The molecule has 1 aromatic carbocycles. The number of aryl methyl sites for hydroxylation is 1. The van der Waals surface area contributed by atoms with Crippen molar-refractivity contribution in [2.75, 3.05) is 19.0 Å². The van der Waals surface area contributed by atoms with Gasteiger partial charge < -0.3 is 20.7 Å². The Balaban J connectivity index is 1.58. The SMILES string of the molecule is COc1ccc(C(=O)NC2CC2)cc1NC(=O)NCCc1scnc1C. The van der Waals surface area contributed by atoms with Gasteiger partial charge in [0, 0.05) is 29.4 Å². The monoisotopic (exact) mass is 374 g/mol. The number of nitrogens with one attached hydrogen (secondary N) is 3. The molecular weight excluding hydrogens is 352 g/mol. The number of ether oxygens (including phenoxy) is 1. The molecule has 3 rings (SSSR count). The number of anilines is 1. The Morgan fingerprint density at radius 2 is 2.15 bits per heavy atom. The summed E-state index contributed by atoms with van der Waals surface area (Å²) in [6.07, 6.45) is 2.77. The minimum absolute atomic E-state index is 0.140. The Morgan fingerprint density at radius 3 is 2.81 bits per heavy atom. The first kappa shape index (κ1) is 18.2. The summed E-state index contributed by atoms with van der Waals surface area (Å²) < 4.78 is 5.27. The molecular formula is C18H22N4O3S. The Labute approximate surface area is 156 Å². The standard InChI is InChI=1S/C18H22N4O3S/c1-11-16(26-10-20-11)7-8-19-18(24)22-14-9-12(3-6-15(14)25-2)17(23)21-13-4-5-13/h3,6,9-10,13H,4-5,7-8H2,1-2H3,(H,21,23)(H2,19,22,24). The van der Waals surface area contributed by atoms with Gasteiger partial charge in [-0.1, -0.05) is 0 Å². The van der Waals surface area contributed by atoms with Crippen LogP contribution in [0.1, 0.15) is 33.8 Å². The zero-order valence-electron chi connectivity index (χ0n) is 14.8. The number of urea groups is 1. The van der Waals surface area contributed by atoms with Gasteiger partial charge in [-0.15, -0.1) is 11.3 Å². The quantitative estimate of drug-likeness (QED) is 0.695. The Morgan fingerprint density at radius 1 is 1.35 bits per heavy atom. The zero-order chi connectivity index (χ0) is 18.5. The summed E-state index contributed by atoms with van der Waals surface area (Å²) >= 11 is 1.58. The molecule has 0 unspecified atom stereocenters. The lowest BCUT2D eigenvalue weighted by atomic mass is 10.1. The number of methoxy groups -OCH3 is 1. The van der Waals surface area contributed by atoms with Gasteiger partial charge in [0.1, 0.15) is 5.75 Å². The summed E-state index contributed by atoms with van der Waals surface area (Å²) in [6.45, 7) is 2.45. The van der Waals surface area contributed by atoms with Gasteiger partial charge in [0.2, 0.25) is 0 Å². The molecule has 8 heteroatoms. The van der Waals surface area contributed by atoms with Gasteiger partial charge in [-0.05, 0) is 38.0 Å². The highest BCUT2D eigenvalue weighted by atomic mass is 32.1. The van der Waals surface area contributed by atoms with Crippen LogP contribution in [-0.2, 0) is 6.42 Å². The Bertz CT molecular complexity index is 801.